The van der Waals surface area contributed by atoms with Gasteiger partial charge >= 0.3 is 0 Å². The molecule has 1 aromatic rings. The lowest BCUT2D eigenvalue weighted by Crippen LogP contribution is -2.41. The van der Waals surface area contributed by atoms with E-state index in [0.29, 0.717) is 6.54 Å². The molecule has 3 nitrogen and oxygen atoms in total. The average Bonchev–Trinajstić information content (AvgIpc) is 2.46. The third-order valence-electron chi connectivity index (χ3n) is 3.61. The van der Waals surface area contributed by atoms with E-state index in [9.17, 15) is 9.59 Å². The summed E-state index contributed by atoms with van der Waals surface area (Å²) in [6, 6.07) is 9.44. The molecule has 1 aromatic carbocycles. The van der Waals surface area contributed by atoms with Crippen molar-refractivity contribution in [3.8, 4) is 0 Å². The van der Waals surface area contributed by atoms with Crippen LogP contribution in [0.1, 0.15) is 36.0 Å². The van der Waals surface area contributed by atoms with Crippen LogP contribution < -0.4 is 5.32 Å². The number of ketones is 1. The van der Waals surface area contributed by atoms with Crippen LogP contribution in [0.2, 0.25) is 0 Å². The van der Waals surface area contributed by atoms with Crippen LogP contribution in [0, 0.1) is 5.92 Å². The molecular formula is C15H19NO2. The molecule has 0 aliphatic heterocycles. The molecule has 0 radical (unpaired) electrons. The van der Waals surface area contributed by atoms with Crippen molar-refractivity contribution in [2.24, 2.45) is 5.92 Å². The van der Waals surface area contributed by atoms with Gasteiger partial charge < -0.3 is 10.1 Å². The first-order valence-corrected chi connectivity index (χ1v) is 6.58. The molecular weight excluding hydrogens is 226 g/mol. The molecule has 96 valence electrons. The molecule has 0 bridgehead atoms. The van der Waals surface area contributed by atoms with Gasteiger partial charge in [-0.2, -0.15) is 0 Å². The van der Waals surface area contributed by atoms with Gasteiger partial charge in [0.1, 0.15) is 6.29 Å². The summed E-state index contributed by atoms with van der Waals surface area (Å²) in [5.41, 5.74) is 0.725. The van der Waals surface area contributed by atoms with E-state index in [1.54, 1.807) is 0 Å². The summed E-state index contributed by atoms with van der Waals surface area (Å²) < 4.78 is 0. The van der Waals surface area contributed by atoms with Crippen LogP contribution in [0.4, 0.5) is 0 Å². The maximum absolute atomic E-state index is 11.9. The topological polar surface area (TPSA) is 46.2 Å². The minimum absolute atomic E-state index is 0.0716. The number of carbonyl (C=O) groups is 2. The molecule has 1 saturated carbocycles. The number of aldehydes is 1. The lowest BCUT2D eigenvalue weighted by Gasteiger charge is -2.28. The van der Waals surface area contributed by atoms with Crippen LogP contribution in [0.25, 0.3) is 0 Å². The van der Waals surface area contributed by atoms with Crippen molar-refractivity contribution in [1.82, 2.24) is 5.32 Å². The Morgan fingerprint density at radius 3 is 2.67 bits per heavy atom. The predicted octanol–water partition coefficient (Wildman–Crippen LogP) is 2.22. The van der Waals surface area contributed by atoms with Gasteiger partial charge in [-0.3, -0.25) is 4.79 Å². The summed E-state index contributed by atoms with van der Waals surface area (Å²) in [7, 11) is 0. The minimum Gasteiger partial charge on any atom is -0.306 e. The zero-order chi connectivity index (χ0) is 12.8. The second kappa shape index (κ2) is 6.45. The highest BCUT2D eigenvalue weighted by molar-refractivity contribution is 5.97. The Bertz CT molecular complexity index is 402. The zero-order valence-electron chi connectivity index (χ0n) is 10.5. The lowest BCUT2D eigenvalue weighted by molar-refractivity contribution is -0.112. The van der Waals surface area contributed by atoms with Crippen LogP contribution in [0.3, 0.4) is 0 Å². The quantitative estimate of drug-likeness (QED) is 0.639. The van der Waals surface area contributed by atoms with Gasteiger partial charge in [0.2, 0.25) is 0 Å². The Labute approximate surface area is 108 Å². The molecule has 18 heavy (non-hydrogen) atoms. The number of benzene rings is 1. The van der Waals surface area contributed by atoms with E-state index in [2.05, 4.69) is 5.32 Å². The summed E-state index contributed by atoms with van der Waals surface area (Å²) in [6.45, 7) is 0.318. The van der Waals surface area contributed by atoms with Crippen molar-refractivity contribution in [2.75, 3.05) is 6.54 Å². The molecule has 2 rings (SSSR count). The van der Waals surface area contributed by atoms with Crippen molar-refractivity contribution >= 4 is 12.1 Å². The van der Waals surface area contributed by atoms with Crippen molar-refractivity contribution in [1.29, 1.82) is 0 Å². The highest BCUT2D eigenvalue weighted by Gasteiger charge is 2.24. The SMILES string of the molecule is O=C[C@@H]1CCCC[C@@H]1NCC(=O)c1ccccc1. The molecule has 0 spiro atoms. The second-order valence-corrected chi connectivity index (χ2v) is 4.86. The highest BCUT2D eigenvalue weighted by Crippen LogP contribution is 2.22. The van der Waals surface area contributed by atoms with E-state index in [-0.39, 0.29) is 17.7 Å². The lowest BCUT2D eigenvalue weighted by atomic mass is 9.85. The number of hydrogen-bond acceptors (Lipinski definition) is 3. The van der Waals surface area contributed by atoms with Crippen LogP contribution in [0.5, 0.6) is 0 Å². The van der Waals surface area contributed by atoms with E-state index >= 15 is 0 Å². The zero-order valence-corrected chi connectivity index (χ0v) is 10.5. The summed E-state index contributed by atoms with van der Waals surface area (Å²) >= 11 is 0. The summed E-state index contributed by atoms with van der Waals surface area (Å²) in [4.78, 5) is 22.9. The van der Waals surface area contributed by atoms with Gasteiger partial charge in [-0.1, -0.05) is 43.2 Å². The Kier molecular flexibility index (Phi) is 4.65. The minimum atomic E-state index is 0.0716. The molecule has 0 amide bonds. The molecule has 1 aliphatic rings. The van der Waals surface area contributed by atoms with Gasteiger partial charge in [-0.05, 0) is 12.8 Å². The Morgan fingerprint density at radius 2 is 1.94 bits per heavy atom. The fourth-order valence-corrected chi connectivity index (χ4v) is 2.53. The molecule has 2 atom stereocenters. The molecule has 1 fully saturated rings. The summed E-state index contributed by atoms with van der Waals surface area (Å²) in [6.07, 6.45) is 5.23. The summed E-state index contributed by atoms with van der Waals surface area (Å²) in [5.74, 6) is 0.160. The monoisotopic (exact) mass is 245 g/mol. The van der Waals surface area contributed by atoms with E-state index in [1.165, 1.54) is 0 Å². The first-order valence-electron chi connectivity index (χ1n) is 6.58. The largest absolute Gasteiger partial charge is 0.306 e. The number of carbonyl (C=O) groups excluding carboxylic acids is 2. The van der Waals surface area contributed by atoms with Gasteiger partial charge in [0.15, 0.2) is 5.78 Å². The third kappa shape index (κ3) is 3.26. The molecule has 1 N–H and O–H groups in total. The molecule has 0 aromatic heterocycles. The van der Waals surface area contributed by atoms with Crippen molar-refractivity contribution < 1.29 is 9.59 Å². The Balaban J connectivity index is 1.87. The number of nitrogens with one attached hydrogen (secondary N) is 1. The van der Waals surface area contributed by atoms with E-state index in [0.717, 1.165) is 37.5 Å². The molecule has 0 heterocycles. The fourth-order valence-electron chi connectivity index (χ4n) is 2.53. The Morgan fingerprint density at radius 1 is 1.22 bits per heavy atom. The molecule has 0 unspecified atom stereocenters. The van der Waals surface area contributed by atoms with Crippen molar-refractivity contribution in [3.63, 3.8) is 0 Å². The first-order chi connectivity index (χ1) is 8.81. The van der Waals surface area contributed by atoms with E-state index in [4.69, 9.17) is 0 Å². The van der Waals surface area contributed by atoms with Crippen molar-refractivity contribution in [3.05, 3.63) is 35.9 Å². The fraction of sp³-hybridized carbons (Fsp3) is 0.467. The number of rotatable bonds is 5. The normalized spacial score (nSPS) is 23.6. The van der Waals surface area contributed by atoms with Gasteiger partial charge in [0.25, 0.3) is 0 Å². The van der Waals surface area contributed by atoms with Gasteiger partial charge in [-0.25, -0.2) is 0 Å². The molecule has 1 aliphatic carbocycles. The van der Waals surface area contributed by atoms with Crippen molar-refractivity contribution in [2.45, 2.75) is 31.7 Å². The van der Waals surface area contributed by atoms with E-state index < -0.39 is 0 Å². The van der Waals surface area contributed by atoms with Crippen LogP contribution >= 0.6 is 0 Å². The second-order valence-electron chi connectivity index (χ2n) is 4.86. The number of hydrogen-bond donors (Lipinski definition) is 1. The van der Waals surface area contributed by atoms with Crippen LogP contribution in [-0.4, -0.2) is 24.7 Å². The average molecular weight is 245 g/mol. The summed E-state index contributed by atoms with van der Waals surface area (Å²) in [5, 5.41) is 3.24. The van der Waals surface area contributed by atoms with E-state index in [1.807, 2.05) is 30.3 Å². The smallest absolute Gasteiger partial charge is 0.176 e. The maximum atomic E-state index is 11.9. The third-order valence-corrected chi connectivity index (χ3v) is 3.61. The first kappa shape index (κ1) is 13.0. The van der Waals surface area contributed by atoms with Gasteiger partial charge in [-0.15, -0.1) is 0 Å². The van der Waals surface area contributed by atoms with Crippen LogP contribution in [-0.2, 0) is 4.79 Å². The van der Waals surface area contributed by atoms with Gasteiger partial charge in [0.05, 0.1) is 6.54 Å². The molecule has 3 heteroatoms. The Hall–Kier alpha value is -1.48. The highest BCUT2D eigenvalue weighted by atomic mass is 16.1. The standard InChI is InChI=1S/C15H19NO2/c17-11-13-8-4-5-9-14(13)16-10-15(18)12-6-2-1-3-7-12/h1-3,6-7,11,13-14,16H,4-5,8-10H2/t13-,14-/m0/s1. The number of Topliss-reactive ketones (excluding diaryl/α,β-unsaturated/α-hetero) is 1. The van der Waals surface area contributed by atoms with Crippen LogP contribution in [0.15, 0.2) is 30.3 Å². The molecule has 0 saturated heterocycles. The predicted molar refractivity (Wildman–Crippen MR) is 70.6 cm³/mol. The maximum Gasteiger partial charge on any atom is 0.176 e. The van der Waals surface area contributed by atoms with Gasteiger partial charge in [0, 0.05) is 17.5 Å².